The van der Waals surface area contributed by atoms with Gasteiger partial charge in [-0.2, -0.15) is 4.98 Å². The molecule has 1 aliphatic heterocycles. The molecular formula is C18H22N4O4. The third-order valence-corrected chi connectivity index (χ3v) is 4.10. The molecular weight excluding hydrogens is 336 g/mol. The second-order valence-corrected chi connectivity index (χ2v) is 5.86. The minimum absolute atomic E-state index is 0.145. The van der Waals surface area contributed by atoms with Gasteiger partial charge in [0.05, 0.1) is 38.8 Å². The number of rotatable bonds is 5. The molecule has 1 aromatic heterocycles. The number of hydrogen-bond donors (Lipinski definition) is 1. The maximum Gasteiger partial charge on any atom is 0.322 e. The van der Waals surface area contributed by atoms with Crippen molar-refractivity contribution in [2.45, 2.75) is 18.9 Å². The molecule has 1 saturated heterocycles. The molecule has 2 heterocycles. The Morgan fingerprint density at radius 2 is 2.00 bits per heavy atom. The van der Waals surface area contributed by atoms with Crippen LogP contribution in [0.25, 0.3) is 0 Å². The number of hydrogen-bond acceptors (Lipinski definition) is 6. The van der Waals surface area contributed by atoms with Gasteiger partial charge in [0.2, 0.25) is 11.8 Å². The number of urea groups is 1. The van der Waals surface area contributed by atoms with Gasteiger partial charge in [-0.15, -0.1) is 0 Å². The highest BCUT2D eigenvalue weighted by atomic mass is 16.5. The third kappa shape index (κ3) is 4.33. The fraction of sp³-hybridized carbons (Fsp3) is 0.389. The highest BCUT2D eigenvalue weighted by Crippen LogP contribution is 2.24. The van der Waals surface area contributed by atoms with Gasteiger partial charge in [-0.1, -0.05) is 12.1 Å². The fourth-order valence-electron chi connectivity index (χ4n) is 2.82. The van der Waals surface area contributed by atoms with Crippen molar-refractivity contribution in [1.82, 2.24) is 14.9 Å². The van der Waals surface area contributed by atoms with Gasteiger partial charge in [0.15, 0.2) is 0 Å². The molecule has 1 fully saturated rings. The predicted molar refractivity (Wildman–Crippen MR) is 95.8 cm³/mol. The molecule has 0 spiro atoms. The van der Waals surface area contributed by atoms with E-state index in [0.717, 1.165) is 12.8 Å². The molecule has 0 radical (unpaired) electrons. The van der Waals surface area contributed by atoms with Crippen LogP contribution in [0.1, 0.15) is 12.8 Å². The lowest BCUT2D eigenvalue weighted by atomic mass is 10.1. The summed E-state index contributed by atoms with van der Waals surface area (Å²) in [5.41, 5.74) is 0.640. The minimum Gasteiger partial charge on any atom is -0.495 e. The van der Waals surface area contributed by atoms with Crippen LogP contribution in [0.2, 0.25) is 0 Å². The number of anilines is 1. The minimum atomic E-state index is -0.181. The topological polar surface area (TPSA) is 85.8 Å². The molecule has 1 atom stereocenters. The maximum atomic E-state index is 12.6. The van der Waals surface area contributed by atoms with Crippen LogP contribution in [0.3, 0.4) is 0 Å². The third-order valence-electron chi connectivity index (χ3n) is 4.10. The van der Waals surface area contributed by atoms with Crippen LogP contribution in [0.4, 0.5) is 10.5 Å². The fourth-order valence-corrected chi connectivity index (χ4v) is 2.82. The first-order valence-electron chi connectivity index (χ1n) is 8.41. The number of para-hydroxylation sites is 2. The molecule has 0 saturated carbocycles. The molecule has 8 heteroatoms. The Morgan fingerprint density at radius 3 is 2.81 bits per heavy atom. The van der Waals surface area contributed by atoms with E-state index in [4.69, 9.17) is 14.2 Å². The Bertz CT molecular complexity index is 755. The number of benzene rings is 1. The molecule has 2 aromatic rings. The van der Waals surface area contributed by atoms with Crippen molar-refractivity contribution >= 4 is 11.7 Å². The van der Waals surface area contributed by atoms with Crippen molar-refractivity contribution in [3.8, 4) is 17.5 Å². The highest BCUT2D eigenvalue weighted by molar-refractivity contribution is 5.91. The number of piperidine rings is 1. The molecule has 2 amide bonds. The average Bonchev–Trinajstić information content (AvgIpc) is 2.68. The van der Waals surface area contributed by atoms with E-state index in [9.17, 15) is 4.79 Å². The SMILES string of the molecule is COc1cncc(OC2CCCN(C(=O)Nc3ccccc3OC)C2)n1. The van der Waals surface area contributed by atoms with Crippen LogP contribution in [0.15, 0.2) is 36.7 Å². The normalized spacial score (nSPS) is 16.7. The zero-order chi connectivity index (χ0) is 18.4. The van der Waals surface area contributed by atoms with Crippen LogP contribution in [-0.2, 0) is 0 Å². The molecule has 26 heavy (non-hydrogen) atoms. The first-order chi connectivity index (χ1) is 12.7. The lowest BCUT2D eigenvalue weighted by Gasteiger charge is -2.32. The van der Waals surface area contributed by atoms with Gasteiger partial charge in [0.25, 0.3) is 0 Å². The van der Waals surface area contributed by atoms with Crippen molar-refractivity contribution in [3.63, 3.8) is 0 Å². The Morgan fingerprint density at radius 1 is 1.19 bits per heavy atom. The maximum absolute atomic E-state index is 12.6. The number of amides is 2. The Balaban J connectivity index is 1.61. The number of nitrogens with one attached hydrogen (secondary N) is 1. The second kappa shape index (κ2) is 8.37. The van der Waals surface area contributed by atoms with Crippen LogP contribution in [0, 0.1) is 0 Å². The average molecular weight is 358 g/mol. The molecule has 138 valence electrons. The summed E-state index contributed by atoms with van der Waals surface area (Å²) in [6, 6.07) is 7.13. The molecule has 1 aromatic carbocycles. The van der Waals surface area contributed by atoms with Crippen molar-refractivity contribution in [2.24, 2.45) is 0 Å². The Kier molecular flexibility index (Phi) is 5.73. The van der Waals surface area contributed by atoms with E-state index >= 15 is 0 Å². The number of nitrogens with zero attached hydrogens (tertiary/aromatic N) is 3. The van der Waals surface area contributed by atoms with Gasteiger partial charge in [-0.05, 0) is 25.0 Å². The van der Waals surface area contributed by atoms with Crippen LogP contribution < -0.4 is 19.5 Å². The summed E-state index contributed by atoms with van der Waals surface area (Å²) in [5.74, 6) is 1.41. The number of methoxy groups -OCH3 is 2. The molecule has 1 unspecified atom stereocenters. The molecule has 3 rings (SSSR count). The Hall–Kier alpha value is -3.03. The number of aromatic nitrogens is 2. The summed E-state index contributed by atoms with van der Waals surface area (Å²) in [6.45, 7) is 1.14. The van der Waals surface area contributed by atoms with Gasteiger partial charge >= 0.3 is 6.03 Å². The number of ether oxygens (including phenoxy) is 3. The number of carbonyl (C=O) groups excluding carboxylic acids is 1. The van der Waals surface area contributed by atoms with E-state index in [0.29, 0.717) is 36.3 Å². The van der Waals surface area contributed by atoms with Gasteiger partial charge in [-0.3, -0.25) is 4.98 Å². The van der Waals surface area contributed by atoms with Crippen molar-refractivity contribution in [2.75, 3.05) is 32.6 Å². The van der Waals surface area contributed by atoms with E-state index in [1.165, 1.54) is 19.5 Å². The predicted octanol–water partition coefficient (Wildman–Crippen LogP) is 2.57. The lowest BCUT2D eigenvalue weighted by molar-refractivity contribution is 0.101. The highest BCUT2D eigenvalue weighted by Gasteiger charge is 2.26. The zero-order valence-corrected chi connectivity index (χ0v) is 14.8. The van der Waals surface area contributed by atoms with E-state index in [2.05, 4.69) is 15.3 Å². The molecule has 1 N–H and O–H groups in total. The van der Waals surface area contributed by atoms with Crippen molar-refractivity contribution in [3.05, 3.63) is 36.7 Å². The van der Waals surface area contributed by atoms with Crippen molar-refractivity contribution < 1.29 is 19.0 Å². The first-order valence-corrected chi connectivity index (χ1v) is 8.41. The largest absolute Gasteiger partial charge is 0.495 e. The zero-order valence-electron chi connectivity index (χ0n) is 14.8. The van der Waals surface area contributed by atoms with Crippen molar-refractivity contribution in [1.29, 1.82) is 0 Å². The smallest absolute Gasteiger partial charge is 0.322 e. The van der Waals surface area contributed by atoms with Crippen LogP contribution in [-0.4, -0.2) is 54.3 Å². The summed E-state index contributed by atoms with van der Waals surface area (Å²) in [4.78, 5) is 22.6. The van der Waals surface area contributed by atoms with Gasteiger partial charge in [0, 0.05) is 6.54 Å². The number of likely N-dealkylation sites (tertiary alicyclic amines) is 1. The summed E-state index contributed by atoms with van der Waals surface area (Å²) in [6.07, 6.45) is 4.60. The summed E-state index contributed by atoms with van der Waals surface area (Å²) >= 11 is 0. The van der Waals surface area contributed by atoms with E-state index < -0.39 is 0 Å². The summed E-state index contributed by atoms with van der Waals surface area (Å²) in [7, 11) is 3.10. The molecule has 0 aliphatic carbocycles. The summed E-state index contributed by atoms with van der Waals surface area (Å²) in [5, 5.41) is 2.89. The standard InChI is InChI=1S/C18H22N4O4/c1-24-15-8-4-3-7-14(15)20-18(23)22-9-5-6-13(12-22)26-17-11-19-10-16(21-17)25-2/h3-4,7-8,10-11,13H,5-6,9,12H2,1-2H3,(H,20,23). The quantitative estimate of drug-likeness (QED) is 0.884. The van der Waals surface area contributed by atoms with Crippen LogP contribution >= 0.6 is 0 Å². The van der Waals surface area contributed by atoms with Gasteiger partial charge in [-0.25, -0.2) is 4.79 Å². The van der Waals surface area contributed by atoms with E-state index in [-0.39, 0.29) is 12.1 Å². The number of carbonyl (C=O) groups is 1. The second-order valence-electron chi connectivity index (χ2n) is 5.86. The first kappa shape index (κ1) is 17.8. The lowest BCUT2D eigenvalue weighted by Crippen LogP contribution is -2.46. The molecule has 1 aliphatic rings. The van der Waals surface area contributed by atoms with E-state index in [1.807, 2.05) is 12.1 Å². The van der Waals surface area contributed by atoms with Crippen LogP contribution in [0.5, 0.6) is 17.5 Å². The van der Waals surface area contributed by atoms with Gasteiger partial charge in [0.1, 0.15) is 11.9 Å². The molecule has 0 bridgehead atoms. The molecule has 8 nitrogen and oxygen atoms in total. The van der Waals surface area contributed by atoms with Gasteiger partial charge < -0.3 is 24.4 Å². The monoisotopic (exact) mass is 358 g/mol. The Labute approximate surface area is 152 Å². The van der Waals surface area contributed by atoms with E-state index in [1.54, 1.807) is 24.1 Å². The summed E-state index contributed by atoms with van der Waals surface area (Å²) < 4.78 is 16.2.